The molecular weight excluding hydrogens is 330 g/mol. The average molecular weight is 353 g/mol. The Morgan fingerprint density at radius 1 is 0.769 bits per heavy atom. The van der Waals surface area contributed by atoms with E-state index in [1.165, 1.54) is 11.8 Å². The lowest BCUT2D eigenvalue weighted by Crippen LogP contribution is -2.44. The Bertz CT molecular complexity index is 691. The SMILES string of the molecule is CC(=O)NCCNC(=O)C(=O)N(Cc1ccccc1)Cc1ccccc1. The quantitative estimate of drug-likeness (QED) is 0.584. The fourth-order valence-electron chi connectivity index (χ4n) is 2.44. The highest BCUT2D eigenvalue weighted by molar-refractivity contribution is 6.34. The number of rotatable bonds is 7. The van der Waals surface area contributed by atoms with Crippen molar-refractivity contribution >= 4 is 17.7 Å². The molecule has 3 amide bonds. The third-order valence-electron chi connectivity index (χ3n) is 3.70. The number of carbonyl (C=O) groups is 3. The van der Waals surface area contributed by atoms with Crippen LogP contribution in [0.3, 0.4) is 0 Å². The van der Waals surface area contributed by atoms with Crippen LogP contribution >= 0.6 is 0 Å². The first-order valence-corrected chi connectivity index (χ1v) is 8.45. The minimum Gasteiger partial charge on any atom is -0.355 e. The number of hydrogen-bond acceptors (Lipinski definition) is 3. The van der Waals surface area contributed by atoms with Gasteiger partial charge in [0.1, 0.15) is 0 Å². The molecule has 0 saturated heterocycles. The molecule has 0 radical (unpaired) electrons. The highest BCUT2D eigenvalue weighted by atomic mass is 16.2. The number of nitrogens with one attached hydrogen (secondary N) is 2. The topological polar surface area (TPSA) is 78.5 Å². The zero-order valence-corrected chi connectivity index (χ0v) is 14.8. The highest BCUT2D eigenvalue weighted by Crippen LogP contribution is 2.10. The smallest absolute Gasteiger partial charge is 0.312 e. The van der Waals surface area contributed by atoms with E-state index in [4.69, 9.17) is 0 Å². The third kappa shape index (κ3) is 6.39. The van der Waals surface area contributed by atoms with E-state index >= 15 is 0 Å². The molecule has 6 nitrogen and oxygen atoms in total. The molecule has 0 bridgehead atoms. The second-order valence-corrected chi connectivity index (χ2v) is 5.87. The van der Waals surface area contributed by atoms with E-state index in [0.29, 0.717) is 13.1 Å². The monoisotopic (exact) mass is 353 g/mol. The summed E-state index contributed by atoms with van der Waals surface area (Å²) in [6, 6.07) is 19.1. The zero-order chi connectivity index (χ0) is 18.8. The lowest BCUT2D eigenvalue weighted by Gasteiger charge is -2.22. The number of amides is 3. The van der Waals surface area contributed by atoms with Gasteiger partial charge >= 0.3 is 11.8 Å². The van der Waals surface area contributed by atoms with E-state index in [0.717, 1.165) is 11.1 Å². The Kier molecular flexibility index (Phi) is 7.36. The fraction of sp³-hybridized carbons (Fsp3) is 0.250. The molecule has 0 spiro atoms. The number of hydrogen-bond donors (Lipinski definition) is 2. The summed E-state index contributed by atoms with van der Waals surface area (Å²) in [4.78, 5) is 37.2. The molecule has 0 unspecified atom stereocenters. The highest BCUT2D eigenvalue weighted by Gasteiger charge is 2.22. The molecule has 0 aliphatic rings. The summed E-state index contributed by atoms with van der Waals surface area (Å²) >= 11 is 0. The molecule has 2 aromatic rings. The lowest BCUT2D eigenvalue weighted by atomic mass is 10.1. The summed E-state index contributed by atoms with van der Waals surface area (Å²) in [5.74, 6) is -1.46. The number of nitrogens with zero attached hydrogens (tertiary/aromatic N) is 1. The minimum atomic E-state index is -0.679. The first-order valence-electron chi connectivity index (χ1n) is 8.45. The average Bonchev–Trinajstić information content (AvgIpc) is 2.65. The molecule has 0 fully saturated rings. The molecule has 0 aliphatic heterocycles. The van der Waals surface area contributed by atoms with Crippen molar-refractivity contribution in [3.8, 4) is 0 Å². The van der Waals surface area contributed by atoms with Crippen LogP contribution in [0.1, 0.15) is 18.1 Å². The molecule has 2 aromatic carbocycles. The van der Waals surface area contributed by atoms with Gasteiger partial charge in [0, 0.05) is 33.1 Å². The molecule has 136 valence electrons. The lowest BCUT2D eigenvalue weighted by molar-refractivity contribution is -0.146. The number of benzene rings is 2. The third-order valence-corrected chi connectivity index (χ3v) is 3.70. The summed E-state index contributed by atoms with van der Waals surface area (Å²) < 4.78 is 0. The van der Waals surface area contributed by atoms with Crippen LogP contribution in [0.25, 0.3) is 0 Å². The van der Waals surface area contributed by atoms with Gasteiger partial charge in [-0.1, -0.05) is 60.7 Å². The van der Waals surface area contributed by atoms with Gasteiger partial charge in [-0.2, -0.15) is 0 Å². The van der Waals surface area contributed by atoms with Crippen LogP contribution in [-0.2, 0) is 27.5 Å². The predicted octanol–water partition coefficient (Wildman–Crippen LogP) is 1.47. The van der Waals surface area contributed by atoms with Crippen molar-refractivity contribution in [2.24, 2.45) is 0 Å². The largest absolute Gasteiger partial charge is 0.355 e. The zero-order valence-electron chi connectivity index (χ0n) is 14.8. The molecule has 26 heavy (non-hydrogen) atoms. The first-order chi connectivity index (χ1) is 12.6. The van der Waals surface area contributed by atoms with Crippen molar-refractivity contribution in [3.63, 3.8) is 0 Å². The minimum absolute atomic E-state index is 0.180. The molecule has 6 heteroatoms. The fourth-order valence-corrected chi connectivity index (χ4v) is 2.44. The predicted molar refractivity (Wildman–Crippen MR) is 98.8 cm³/mol. The van der Waals surface area contributed by atoms with E-state index < -0.39 is 11.8 Å². The van der Waals surface area contributed by atoms with Crippen LogP contribution in [-0.4, -0.2) is 35.7 Å². The summed E-state index contributed by atoms with van der Waals surface area (Å²) in [5.41, 5.74) is 1.89. The molecule has 0 heterocycles. The molecule has 2 N–H and O–H groups in total. The van der Waals surface area contributed by atoms with Crippen LogP contribution in [0.4, 0.5) is 0 Å². The van der Waals surface area contributed by atoms with Gasteiger partial charge in [-0.15, -0.1) is 0 Å². The van der Waals surface area contributed by atoms with Crippen molar-refractivity contribution in [2.75, 3.05) is 13.1 Å². The van der Waals surface area contributed by atoms with Gasteiger partial charge in [0.2, 0.25) is 5.91 Å². The molecule has 0 aromatic heterocycles. The standard InChI is InChI=1S/C20H23N3O3/c1-16(24)21-12-13-22-19(25)20(26)23(14-17-8-4-2-5-9-17)15-18-10-6-3-7-11-18/h2-11H,12-15H2,1H3,(H,21,24)(H,22,25). The van der Waals surface area contributed by atoms with Crippen molar-refractivity contribution in [1.82, 2.24) is 15.5 Å². The Morgan fingerprint density at radius 2 is 1.23 bits per heavy atom. The molecular formula is C20H23N3O3. The second-order valence-electron chi connectivity index (χ2n) is 5.87. The molecule has 2 rings (SSSR count). The summed E-state index contributed by atoms with van der Waals surface area (Å²) in [6.45, 7) is 2.57. The maximum absolute atomic E-state index is 12.6. The van der Waals surface area contributed by atoms with E-state index in [1.807, 2.05) is 60.7 Å². The Morgan fingerprint density at radius 3 is 1.69 bits per heavy atom. The normalized spacial score (nSPS) is 10.0. The van der Waals surface area contributed by atoms with Crippen LogP contribution in [0.15, 0.2) is 60.7 Å². The van der Waals surface area contributed by atoms with Crippen LogP contribution < -0.4 is 10.6 Å². The second kappa shape index (κ2) is 9.98. The van der Waals surface area contributed by atoms with E-state index in [2.05, 4.69) is 10.6 Å². The Hall–Kier alpha value is -3.15. The summed E-state index contributed by atoms with van der Waals surface area (Å²) in [5, 5.41) is 5.12. The van der Waals surface area contributed by atoms with Crippen molar-refractivity contribution in [1.29, 1.82) is 0 Å². The molecule has 0 aliphatic carbocycles. The first kappa shape index (κ1) is 19.2. The van der Waals surface area contributed by atoms with Gasteiger partial charge in [-0.3, -0.25) is 14.4 Å². The van der Waals surface area contributed by atoms with E-state index in [9.17, 15) is 14.4 Å². The van der Waals surface area contributed by atoms with Gasteiger partial charge in [-0.25, -0.2) is 0 Å². The van der Waals surface area contributed by atoms with Crippen LogP contribution in [0.5, 0.6) is 0 Å². The van der Waals surface area contributed by atoms with Gasteiger partial charge in [0.15, 0.2) is 0 Å². The van der Waals surface area contributed by atoms with Gasteiger partial charge < -0.3 is 15.5 Å². The number of carbonyl (C=O) groups excluding carboxylic acids is 3. The Labute approximate surface area is 153 Å². The molecule has 0 saturated carbocycles. The summed E-state index contributed by atoms with van der Waals surface area (Å²) in [7, 11) is 0. The van der Waals surface area contributed by atoms with Crippen LogP contribution in [0.2, 0.25) is 0 Å². The Balaban J connectivity index is 2.02. The van der Waals surface area contributed by atoms with Crippen molar-refractivity contribution < 1.29 is 14.4 Å². The van der Waals surface area contributed by atoms with Crippen LogP contribution in [0, 0.1) is 0 Å². The summed E-state index contributed by atoms with van der Waals surface area (Å²) in [6.07, 6.45) is 0. The maximum Gasteiger partial charge on any atom is 0.312 e. The van der Waals surface area contributed by atoms with Gasteiger partial charge in [0.05, 0.1) is 0 Å². The molecule has 0 atom stereocenters. The van der Waals surface area contributed by atoms with Gasteiger partial charge in [-0.05, 0) is 11.1 Å². The van der Waals surface area contributed by atoms with E-state index in [1.54, 1.807) is 0 Å². The van der Waals surface area contributed by atoms with Gasteiger partial charge in [0.25, 0.3) is 0 Å². The van der Waals surface area contributed by atoms with Crippen molar-refractivity contribution in [2.45, 2.75) is 20.0 Å². The maximum atomic E-state index is 12.6. The van der Waals surface area contributed by atoms with E-state index in [-0.39, 0.29) is 19.0 Å². The van der Waals surface area contributed by atoms with Crippen molar-refractivity contribution in [3.05, 3.63) is 71.8 Å².